The van der Waals surface area contributed by atoms with E-state index in [9.17, 15) is 0 Å². The van der Waals surface area contributed by atoms with Gasteiger partial charge in [-0.1, -0.05) is 18.2 Å². The first-order valence-electron chi connectivity index (χ1n) is 9.16. The van der Waals surface area contributed by atoms with Crippen LogP contribution in [0, 0.1) is 6.92 Å². The molecule has 0 saturated carbocycles. The largest absolute Gasteiger partial charge is 0.356 e. The fourth-order valence-corrected chi connectivity index (χ4v) is 4.10. The molecule has 5 heteroatoms. The van der Waals surface area contributed by atoms with Gasteiger partial charge >= 0.3 is 0 Å². The Morgan fingerprint density at radius 1 is 1.28 bits per heavy atom. The van der Waals surface area contributed by atoms with E-state index in [1.165, 1.54) is 52.3 Å². The van der Waals surface area contributed by atoms with Crippen molar-refractivity contribution < 1.29 is 0 Å². The standard InChI is InChI=1S/C20H28N4S/c1-14-13-23-19(25-14)10-11-22-20(21-3)24-15(2)17-9-8-16-6-4-5-7-18(16)12-17/h8-9,12-13,15H,4-7,10-11H2,1-3H3,(H2,21,22,24). The molecule has 0 radical (unpaired) electrons. The van der Waals surface area contributed by atoms with E-state index in [1.54, 1.807) is 11.3 Å². The summed E-state index contributed by atoms with van der Waals surface area (Å²) in [6.07, 6.45) is 7.96. The number of benzene rings is 1. The zero-order chi connectivity index (χ0) is 17.6. The summed E-state index contributed by atoms with van der Waals surface area (Å²) in [4.78, 5) is 10.0. The molecule has 0 saturated heterocycles. The van der Waals surface area contributed by atoms with Crippen LogP contribution in [0.1, 0.15) is 52.4 Å². The third-order valence-corrected chi connectivity index (χ3v) is 5.72. The second kappa shape index (κ2) is 8.48. The average Bonchev–Trinajstić information content (AvgIpc) is 3.05. The van der Waals surface area contributed by atoms with Gasteiger partial charge in [-0.3, -0.25) is 4.99 Å². The highest BCUT2D eigenvalue weighted by molar-refractivity contribution is 7.11. The molecule has 0 aliphatic heterocycles. The molecular weight excluding hydrogens is 328 g/mol. The van der Waals surface area contributed by atoms with E-state index >= 15 is 0 Å². The maximum Gasteiger partial charge on any atom is 0.191 e. The highest BCUT2D eigenvalue weighted by Crippen LogP contribution is 2.24. The Hall–Kier alpha value is -1.88. The maximum absolute atomic E-state index is 4.41. The molecule has 0 bridgehead atoms. The Morgan fingerprint density at radius 2 is 2.08 bits per heavy atom. The van der Waals surface area contributed by atoms with Crippen LogP contribution >= 0.6 is 11.3 Å². The number of aromatic nitrogens is 1. The average molecular weight is 357 g/mol. The molecule has 134 valence electrons. The van der Waals surface area contributed by atoms with Gasteiger partial charge in [0.25, 0.3) is 0 Å². The van der Waals surface area contributed by atoms with Crippen molar-refractivity contribution in [2.24, 2.45) is 4.99 Å². The van der Waals surface area contributed by atoms with E-state index in [1.807, 2.05) is 13.2 Å². The van der Waals surface area contributed by atoms with Crippen LogP contribution in [0.2, 0.25) is 0 Å². The number of guanidine groups is 1. The fraction of sp³-hybridized carbons (Fsp3) is 0.500. The minimum absolute atomic E-state index is 0.237. The van der Waals surface area contributed by atoms with Crippen LogP contribution < -0.4 is 10.6 Å². The normalized spacial score (nSPS) is 15.6. The van der Waals surface area contributed by atoms with Gasteiger partial charge in [-0.05, 0) is 56.2 Å². The second-order valence-corrected chi connectivity index (χ2v) is 8.03. The molecule has 0 spiro atoms. The van der Waals surface area contributed by atoms with Crippen molar-refractivity contribution in [2.45, 2.75) is 52.0 Å². The molecule has 1 heterocycles. The molecule has 2 aromatic rings. The summed E-state index contributed by atoms with van der Waals surface area (Å²) in [6.45, 7) is 5.13. The van der Waals surface area contributed by atoms with Gasteiger partial charge in [0, 0.05) is 31.1 Å². The molecule has 4 nitrogen and oxygen atoms in total. The lowest BCUT2D eigenvalue weighted by Gasteiger charge is -2.21. The Balaban J connectivity index is 1.54. The first kappa shape index (κ1) is 17.9. The molecule has 1 aliphatic carbocycles. The number of hydrogen-bond donors (Lipinski definition) is 2. The molecule has 25 heavy (non-hydrogen) atoms. The number of aryl methyl sites for hydroxylation is 3. The molecule has 0 amide bonds. The fourth-order valence-electron chi connectivity index (χ4n) is 3.31. The Morgan fingerprint density at radius 3 is 2.80 bits per heavy atom. The van der Waals surface area contributed by atoms with Crippen molar-refractivity contribution in [1.82, 2.24) is 15.6 Å². The van der Waals surface area contributed by atoms with Crippen LogP contribution in [0.15, 0.2) is 29.4 Å². The minimum atomic E-state index is 0.237. The maximum atomic E-state index is 4.41. The quantitative estimate of drug-likeness (QED) is 0.633. The molecule has 3 rings (SSSR count). The number of hydrogen-bond acceptors (Lipinski definition) is 3. The molecule has 1 aromatic heterocycles. The van der Waals surface area contributed by atoms with Crippen LogP contribution in [0.25, 0.3) is 0 Å². The predicted octanol–water partition coefficient (Wildman–Crippen LogP) is 3.80. The lowest BCUT2D eigenvalue weighted by molar-refractivity contribution is 0.665. The van der Waals surface area contributed by atoms with Gasteiger partial charge in [0.15, 0.2) is 5.96 Å². The SMILES string of the molecule is CN=C(NCCc1ncc(C)s1)NC(C)c1ccc2c(c1)CCCC2. The lowest BCUT2D eigenvalue weighted by Crippen LogP contribution is -2.39. The van der Waals surface area contributed by atoms with E-state index < -0.39 is 0 Å². The van der Waals surface area contributed by atoms with Crippen molar-refractivity contribution in [2.75, 3.05) is 13.6 Å². The molecular formula is C20H28N4S. The highest BCUT2D eigenvalue weighted by Gasteiger charge is 2.13. The van der Waals surface area contributed by atoms with Gasteiger partial charge < -0.3 is 10.6 Å². The van der Waals surface area contributed by atoms with E-state index in [4.69, 9.17) is 0 Å². The second-order valence-electron chi connectivity index (χ2n) is 6.71. The van der Waals surface area contributed by atoms with Crippen molar-refractivity contribution in [3.8, 4) is 0 Å². The minimum Gasteiger partial charge on any atom is -0.356 e. The van der Waals surface area contributed by atoms with Gasteiger partial charge in [-0.2, -0.15) is 0 Å². The zero-order valence-corrected chi connectivity index (χ0v) is 16.2. The first-order chi connectivity index (χ1) is 12.2. The number of nitrogens with one attached hydrogen (secondary N) is 2. The summed E-state index contributed by atoms with van der Waals surface area (Å²) in [7, 11) is 1.82. The first-order valence-corrected chi connectivity index (χ1v) is 9.97. The number of nitrogens with zero attached hydrogens (tertiary/aromatic N) is 2. The van der Waals surface area contributed by atoms with Crippen LogP contribution in [-0.4, -0.2) is 24.5 Å². The van der Waals surface area contributed by atoms with Gasteiger partial charge in [-0.15, -0.1) is 11.3 Å². The molecule has 1 aromatic carbocycles. The lowest BCUT2D eigenvalue weighted by atomic mass is 9.89. The van der Waals surface area contributed by atoms with Gasteiger partial charge in [0.05, 0.1) is 11.0 Å². The highest BCUT2D eigenvalue weighted by atomic mass is 32.1. The van der Waals surface area contributed by atoms with Crippen molar-refractivity contribution in [3.05, 3.63) is 51.0 Å². The molecule has 1 atom stereocenters. The molecule has 0 fully saturated rings. The number of rotatable bonds is 5. The summed E-state index contributed by atoms with van der Waals surface area (Å²) in [5.41, 5.74) is 4.39. The van der Waals surface area contributed by atoms with Gasteiger partial charge in [0.2, 0.25) is 0 Å². The third-order valence-electron chi connectivity index (χ3n) is 4.75. The van der Waals surface area contributed by atoms with Crippen LogP contribution in [0.3, 0.4) is 0 Å². The summed E-state index contributed by atoms with van der Waals surface area (Å²) < 4.78 is 0. The molecule has 2 N–H and O–H groups in total. The van der Waals surface area contributed by atoms with Crippen molar-refractivity contribution >= 4 is 17.3 Å². The smallest absolute Gasteiger partial charge is 0.191 e. The van der Waals surface area contributed by atoms with E-state index in [0.29, 0.717) is 0 Å². The summed E-state index contributed by atoms with van der Waals surface area (Å²) >= 11 is 1.76. The predicted molar refractivity (Wildman–Crippen MR) is 107 cm³/mol. The molecule has 1 unspecified atom stereocenters. The monoisotopic (exact) mass is 356 g/mol. The summed E-state index contributed by atoms with van der Waals surface area (Å²) in [6, 6.07) is 7.18. The Kier molecular flexibility index (Phi) is 6.08. The summed E-state index contributed by atoms with van der Waals surface area (Å²) in [5.74, 6) is 0.846. The topological polar surface area (TPSA) is 49.3 Å². The van der Waals surface area contributed by atoms with Gasteiger partial charge in [0.1, 0.15) is 0 Å². The number of aliphatic imine (C=N–C) groups is 1. The number of fused-ring (bicyclic) bond motifs is 1. The van der Waals surface area contributed by atoms with Crippen LogP contribution in [0.5, 0.6) is 0 Å². The van der Waals surface area contributed by atoms with Crippen LogP contribution in [-0.2, 0) is 19.3 Å². The van der Waals surface area contributed by atoms with Crippen molar-refractivity contribution in [3.63, 3.8) is 0 Å². The number of thiazole rings is 1. The molecule has 1 aliphatic rings. The zero-order valence-electron chi connectivity index (χ0n) is 15.4. The van der Waals surface area contributed by atoms with Crippen molar-refractivity contribution in [1.29, 1.82) is 0 Å². The van der Waals surface area contributed by atoms with E-state index in [0.717, 1.165) is 18.9 Å². The Bertz CT molecular complexity index is 735. The van der Waals surface area contributed by atoms with Crippen LogP contribution in [0.4, 0.5) is 0 Å². The van der Waals surface area contributed by atoms with E-state index in [2.05, 4.69) is 52.7 Å². The third kappa shape index (κ3) is 4.82. The van der Waals surface area contributed by atoms with E-state index in [-0.39, 0.29) is 6.04 Å². The Labute approximate surface area is 154 Å². The van der Waals surface area contributed by atoms with Gasteiger partial charge in [-0.25, -0.2) is 4.98 Å². The summed E-state index contributed by atoms with van der Waals surface area (Å²) in [5, 5.41) is 8.07.